The summed E-state index contributed by atoms with van der Waals surface area (Å²) in [6, 6.07) is 8.60. The number of para-hydroxylation sites is 1. The molecule has 0 bridgehead atoms. The smallest absolute Gasteiger partial charge is 0.309 e. The van der Waals surface area contributed by atoms with E-state index in [4.69, 9.17) is 4.18 Å². The monoisotopic (exact) mass is 242 g/mol. The van der Waals surface area contributed by atoms with Crippen LogP contribution in [-0.2, 0) is 10.1 Å². The minimum Gasteiger partial charge on any atom is -0.382 e. The first-order chi connectivity index (χ1) is 7.53. The number of benzene rings is 1. The minimum atomic E-state index is -3.44. The zero-order valence-corrected chi connectivity index (χ0v) is 10.5. The molecular formula is C12H18O3S. The lowest BCUT2D eigenvalue weighted by Gasteiger charge is -2.09. The summed E-state index contributed by atoms with van der Waals surface area (Å²) in [6.07, 6.45) is 1.63. The molecule has 0 saturated heterocycles. The Hall–Kier alpha value is -1.03. The van der Waals surface area contributed by atoms with Gasteiger partial charge >= 0.3 is 10.1 Å². The third kappa shape index (κ3) is 4.66. The number of hydrogen-bond acceptors (Lipinski definition) is 3. The summed E-state index contributed by atoms with van der Waals surface area (Å²) in [5.74, 6) is 0.873. The third-order valence-corrected chi connectivity index (χ3v) is 3.71. The second-order valence-corrected chi connectivity index (χ2v) is 5.65. The summed E-state index contributed by atoms with van der Waals surface area (Å²) in [6.45, 7) is 4.09. The maximum Gasteiger partial charge on any atom is 0.309 e. The molecule has 0 aromatic heterocycles. The lowest BCUT2D eigenvalue weighted by atomic mass is 10.1. The van der Waals surface area contributed by atoms with Gasteiger partial charge in [0.2, 0.25) is 0 Å². The lowest BCUT2D eigenvalue weighted by molar-refractivity contribution is 0.470. The molecule has 3 nitrogen and oxygen atoms in total. The van der Waals surface area contributed by atoms with E-state index in [0.29, 0.717) is 18.1 Å². The maximum absolute atomic E-state index is 11.6. The zero-order valence-electron chi connectivity index (χ0n) is 9.72. The van der Waals surface area contributed by atoms with E-state index in [-0.39, 0.29) is 5.75 Å². The fourth-order valence-corrected chi connectivity index (χ4v) is 2.39. The molecule has 0 aliphatic carbocycles. The largest absolute Gasteiger partial charge is 0.382 e. The van der Waals surface area contributed by atoms with E-state index in [2.05, 4.69) is 6.92 Å². The topological polar surface area (TPSA) is 43.4 Å². The highest BCUT2D eigenvalue weighted by molar-refractivity contribution is 7.87. The van der Waals surface area contributed by atoms with Gasteiger partial charge in [-0.2, -0.15) is 8.42 Å². The molecule has 0 fully saturated rings. The fourth-order valence-electron chi connectivity index (χ4n) is 1.21. The summed E-state index contributed by atoms with van der Waals surface area (Å²) < 4.78 is 28.2. The van der Waals surface area contributed by atoms with Crippen LogP contribution in [0.4, 0.5) is 0 Å². The van der Waals surface area contributed by atoms with Gasteiger partial charge in [-0.1, -0.05) is 38.5 Å². The zero-order chi connectivity index (χ0) is 12.0. The van der Waals surface area contributed by atoms with Crippen molar-refractivity contribution >= 4 is 10.1 Å². The molecule has 0 saturated carbocycles. The van der Waals surface area contributed by atoms with Crippen molar-refractivity contribution < 1.29 is 12.6 Å². The molecule has 0 heterocycles. The molecule has 0 spiro atoms. The van der Waals surface area contributed by atoms with E-state index in [1.54, 1.807) is 24.3 Å². The molecule has 16 heavy (non-hydrogen) atoms. The van der Waals surface area contributed by atoms with Crippen LogP contribution in [0.1, 0.15) is 26.7 Å². The second-order valence-electron chi connectivity index (χ2n) is 3.96. The van der Waals surface area contributed by atoms with Crippen LogP contribution in [0.25, 0.3) is 0 Å². The van der Waals surface area contributed by atoms with Crippen molar-refractivity contribution in [3.63, 3.8) is 0 Å². The van der Waals surface area contributed by atoms with E-state index in [9.17, 15) is 8.42 Å². The molecule has 0 N–H and O–H groups in total. The van der Waals surface area contributed by atoms with Gasteiger partial charge in [-0.05, 0) is 24.5 Å². The van der Waals surface area contributed by atoms with Gasteiger partial charge in [-0.25, -0.2) is 0 Å². The van der Waals surface area contributed by atoms with Gasteiger partial charge in [0.05, 0.1) is 5.75 Å². The van der Waals surface area contributed by atoms with Gasteiger partial charge < -0.3 is 4.18 Å². The molecule has 1 atom stereocenters. The Bertz CT molecular complexity index is 398. The lowest BCUT2D eigenvalue weighted by Crippen LogP contribution is -2.15. The van der Waals surface area contributed by atoms with Crippen LogP contribution in [-0.4, -0.2) is 14.2 Å². The molecule has 1 aromatic carbocycles. The second kappa shape index (κ2) is 5.89. The third-order valence-electron chi connectivity index (χ3n) is 2.52. The van der Waals surface area contributed by atoms with Gasteiger partial charge in [-0.15, -0.1) is 0 Å². The van der Waals surface area contributed by atoms with Crippen molar-refractivity contribution in [1.29, 1.82) is 0 Å². The van der Waals surface area contributed by atoms with Gasteiger partial charge in [0, 0.05) is 0 Å². The van der Waals surface area contributed by atoms with Crippen LogP contribution < -0.4 is 4.18 Å². The van der Waals surface area contributed by atoms with E-state index in [0.717, 1.165) is 6.42 Å². The highest BCUT2D eigenvalue weighted by Crippen LogP contribution is 2.14. The Kier molecular flexibility index (Phi) is 4.80. The highest BCUT2D eigenvalue weighted by atomic mass is 32.2. The van der Waals surface area contributed by atoms with Crippen molar-refractivity contribution in [1.82, 2.24) is 0 Å². The first-order valence-electron chi connectivity index (χ1n) is 5.50. The molecule has 1 unspecified atom stereocenters. The van der Waals surface area contributed by atoms with Crippen LogP contribution >= 0.6 is 0 Å². The van der Waals surface area contributed by atoms with E-state index >= 15 is 0 Å². The van der Waals surface area contributed by atoms with Crippen molar-refractivity contribution in [2.45, 2.75) is 26.7 Å². The Morgan fingerprint density at radius 2 is 1.88 bits per heavy atom. The van der Waals surface area contributed by atoms with Crippen molar-refractivity contribution in [2.75, 3.05) is 5.75 Å². The van der Waals surface area contributed by atoms with Gasteiger partial charge in [0.25, 0.3) is 0 Å². The Labute approximate surface area is 97.6 Å². The van der Waals surface area contributed by atoms with E-state index in [1.807, 2.05) is 13.0 Å². The Morgan fingerprint density at radius 3 is 2.44 bits per heavy atom. The molecule has 0 radical (unpaired) electrons. The summed E-state index contributed by atoms with van der Waals surface area (Å²) in [4.78, 5) is 0. The standard InChI is InChI=1S/C12H18O3S/c1-3-11(2)9-10-16(13,14)15-12-7-5-4-6-8-12/h4-8,11H,3,9-10H2,1-2H3. The predicted molar refractivity (Wildman–Crippen MR) is 64.9 cm³/mol. The summed E-state index contributed by atoms with van der Waals surface area (Å²) in [5.41, 5.74) is 0. The molecule has 0 aliphatic rings. The van der Waals surface area contributed by atoms with E-state index < -0.39 is 10.1 Å². The van der Waals surface area contributed by atoms with Crippen molar-refractivity contribution in [3.05, 3.63) is 30.3 Å². The molecule has 4 heteroatoms. The van der Waals surface area contributed by atoms with Crippen LogP contribution in [0.5, 0.6) is 5.75 Å². The summed E-state index contributed by atoms with van der Waals surface area (Å²) >= 11 is 0. The van der Waals surface area contributed by atoms with E-state index in [1.165, 1.54) is 0 Å². The number of hydrogen-bond donors (Lipinski definition) is 0. The van der Waals surface area contributed by atoms with Gasteiger partial charge in [0.1, 0.15) is 5.75 Å². The predicted octanol–water partition coefficient (Wildman–Crippen LogP) is 2.83. The van der Waals surface area contributed by atoms with Crippen molar-refractivity contribution in [3.8, 4) is 5.75 Å². The molecule has 1 aromatic rings. The van der Waals surface area contributed by atoms with Crippen LogP contribution in [0.15, 0.2) is 30.3 Å². The maximum atomic E-state index is 11.6. The SMILES string of the molecule is CCC(C)CCS(=O)(=O)Oc1ccccc1. The average molecular weight is 242 g/mol. The normalized spacial score (nSPS) is 13.4. The Morgan fingerprint density at radius 1 is 1.25 bits per heavy atom. The number of rotatable bonds is 6. The van der Waals surface area contributed by atoms with Crippen LogP contribution in [0, 0.1) is 5.92 Å². The minimum absolute atomic E-state index is 0.0803. The first kappa shape index (κ1) is 13.0. The molecule has 1 rings (SSSR count). The molecular weight excluding hydrogens is 224 g/mol. The van der Waals surface area contributed by atoms with Crippen LogP contribution in [0.2, 0.25) is 0 Å². The molecule has 90 valence electrons. The van der Waals surface area contributed by atoms with Gasteiger partial charge in [-0.3, -0.25) is 0 Å². The average Bonchev–Trinajstić information content (AvgIpc) is 2.27. The van der Waals surface area contributed by atoms with Gasteiger partial charge in [0.15, 0.2) is 0 Å². The quantitative estimate of drug-likeness (QED) is 0.720. The molecule has 0 aliphatic heterocycles. The first-order valence-corrected chi connectivity index (χ1v) is 7.08. The van der Waals surface area contributed by atoms with Crippen molar-refractivity contribution in [2.24, 2.45) is 5.92 Å². The molecule has 0 amide bonds. The van der Waals surface area contributed by atoms with Crippen LogP contribution in [0.3, 0.4) is 0 Å². The highest BCUT2D eigenvalue weighted by Gasteiger charge is 2.14. The summed E-state index contributed by atoms with van der Waals surface area (Å²) in [5, 5.41) is 0. The Balaban J connectivity index is 2.53. The summed E-state index contributed by atoms with van der Waals surface area (Å²) in [7, 11) is -3.44. The fraction of sp³-hybridized carbons (Fsp3) is 0.500.